The van der Waals surface area contributed by atoms with Crippen molar-refractivity contribution in [1.82, 2.24) is 0 Å². The quantitative estimate of drug-likeness (QED) is 0.163. The van der Waals surface area contributed by atoms with Crippen LogP contribution in [0.3, 0.4) is 0 Å². The molecule has 0 spiro atoms. The summed E-state index contributed by atoms with van der Waals surface area (Å²) < 4.78 is 43.1. The molecule has 3 aromatic rings. The molecule has 0 saturated heterocycles. The van der Waals surface area contributed by atoms with Crippen molar-refractivity contribution in [3.8, 4) is 11.5 Å². The first-order chi connectivity index (χ1) is 16.8. The Morgan fingerprint density at radius 1 is 1.06 bits per heavy atom. The molecule has 0 radical (unpaired) electrons. The second kappa shape index (κ2) is 11.4. The lowest BCUT2D eigenvalue weighted by atomic mass is 10.0. The van der Waals surface area contributed by atoms with Gasteiger partial charge < -0.3 is 19.4 Å². The number of thiocarbonyl (C=S) groups is 1. The second-order valence-electron chi connectivity index (χ2n) is 8.10. The fourth-order valence-electron chi connectivity index (χ4n) is 3.43. The van der Waals surface area contributed by atoms with Crippen molar-refractivity contribution in [3.63, 3.8) is 0 Å². The highest BCUT2D eigenvalue weighted by Crippen LogP contribution is 2.38. The first-order valence-electron chi connectivity index (χ1n) is 10.8. The molecule has 184 valence electrons. The van der Waals surface area contributed by atoms with Crippen molar-refractivity contribution in [3.05, 3.63) is 92.9 Å². The van der Waals surface area contributed by atoms with Gasteiger partial charge in [-0.2, -0.15) is 13.5 Å². The molecule has 1 unspecified atom stereocenters. The molecular formula is C25H21Cl2F2NO4S. The molecule has 10 heteroatoms. The Hall–Kier alpha value is -2.68. The summed E-state index contributed by atoms with van der Waals surface area (Å²) in [6.07, 6.45) is 3.89. The summed E-state index contributed by atoms with van der Waals surface area (Å²) in [5.74, 6) is 0.505. The Morgan fingerprint density at radius 2 is 1.74 bits per heavy atom. The zero-order valence-corrected chi connectivity index (χ0v) is 20.7. The Kier molecular flexibility index (Phi) is 8.26. The zero-order chi connectivity index (χ0) is 24.9. The first kappa shape index (κ1) is 25.4. The summed E-state index contributed by atoms with van der Waals surface area (Å²) in [7, 11) is 0. The molecule has 1 aliphatic carbocycles. The maximum atomic E-state index is 13.0. The standard InChI is InChI=1S/C25H21Cl2F2NO4S/c26-19-12-30(31)13-20(27)18(19)11-22(33-24(35)16-4-2-1-3-5-16)17-8-9-21(34-25(28)29)23(10-17)32-14-15-6-7-15/h1-5,8-10,12-13,15,22,25H,6-7,11,14H2. The number of halogens is 4. The van der Waals surface area contributed by atoms with Crippen molar-refractivity contribution in [2.24, 2.45) is 5.92 Å². The molecule has 1 aromatic heterocycles. The third-order valence-electron chi connectivity index (χ3n) is 5.43. The number of pyridine rings is 1. The monoisotopic (exact) mass is 539 g/mol. The predicted octanol–water partition coefficient (Wildman–Crippen LogP) is 6.69. The number of hydrogen-bond donors (Lipinski definition) is 0. The number of alkyl halides is 2. The molecule has 1 saturated carbocycles. The summed E-state index contributed by atoms with van der Waals surface area (Å²) in [5, 5.41) is 12.2. The number of aromatic nitrogens is 1. The van der Waals surface area contributed by atoms with Gasteiger partial charge in [0.2, 0.25) is 0 Å². The molecule has 1 atom stereocenters. The van der Waals surface area contributed by atoms with Crippen LogP contribution in [0.15, 0.2) is 60.9 Å². The minimum Gasteiger partial charge on any atom is -0.619 e. The molecule has 1 fully saturated rings. The van der Waals surface area contributed by atoms with Gasteiger partial charge in [-0.05, 0) is 48.7 Å². The van der Waals surface area contributed by atoms with Crippen molar-refractivity contribution in [2.75, 3.05) is 6.61 Å². The van der Waals surface area contributed by atoms with Gasteiger partial charge in [0, 0.05) is 17.5 Å². The minimum absolute atomic E-state index is 0.0723. The van der Waals surface area contributed by atoms with E-state index in [-0.39, 0.29) is 33.0 Å². The van der Waals surface area contributed by atoms with Crippen molar-refractivity contribution >= 4 is 40.5 Å². The van der Waals surface area contributed by atoms with Crippen LogP contribution in [0.1, 0.15) is 35.6 Å². The van der Waals surface area contributed by atoms with Crippen LogP contribution in [0, 0.1) is 11.1 Å². The van der Waals surface area contributed by atoms with Crippen LogP contribution in [0.5, 0.6) is 11.5 Å². The van der Waals surface area contributed by atoms with Gasteiger partial charge in [-0.15, -0.1) is 0 Å². The Labute approximate surface area is 216 Å². The molecule has 0 bridgehead atoms. The van der Waals surface area contributed by atoms with E-state index in [9.17, 15) is 14.0 Å². The van der Waals surface area contributed by atoms with Crippen molar-refractivity contribution < 1.29 is 27.7 Å². The average Bonchev–Trinajstić information content (AvgIpc) is 3.64. The average molecular weight is 540 g/mol. The summed E-state index contributed by atoms with van der Waals surface area (Å²) in [6, 6.07) is 13.7. The Bertz CT molecular complexity index is 1170. The maximum Gasteiger partial charge on any atom is 0.387 e. The molecule has 1 aliphatic rings. The molecule has 0 N–H and O–H groups in total. The number of nitrogens with zero attached hydrogens (tertiary/aromatic N) is 1. The van der Waals surface area contributed by atoms with Gasteiger partial charge >= 0.3 is 6.61 Å². The normalized spacial score (nSPS) is 14.0. The highest BCUT2D eigenvalue weighted by atomic mass is 35.5. The van der Waals surface area contributed by atoms with Crippen LogP contribution in [-0.4, -0.2) is 18.3 Å². The summed E-state index contributed by atoms with van der Waals surface area (Å²) >= 11 is 18.1. The Morgan fingerprint density at radius 3 is 2.37 bits per heavy atom. The van der Waals surface area contributed by atoms with Gasteiger partial charge in [-0.3, -0.25) is 0 Å². The smallest absolute Gasteiger partial charge is 0.387 e. The Balaban J connectivity index is 1.68. The van der Waals surface area contributed by atoms with E-state index >= 15 is 0 Å². The lowest BCUT2D eigenvalue weighted by Gasteiger charge is -2.22. The molecule has 35 heavy (non-hydrogen) atoms. The predicted molar refractivity (Wildman–Crippen MR) is 132 cm³/mol. The summed E-state index contributed by atoms with van der Waals surface area (Å²) in [4.78, 5) is 0. The molecule has 4 rings (SSSR count). The largest absolute Gasteiger partial charge is 0.619 e. The fraction of sp³-hybridized carbons (Fsp3) is 0.280. The SMILES string of the molecule is [O-][n+]1cc(Cl)c(CC(OC(=S)c2ccccc2)c2ccc(OC(F)F)c(OCC3CC3)c2)c(Cl)c1. The summed E-state index contributed by atoms with van der Waals surface area (Å²) in [6.45, 7) is -2.60. The maximum absolute atomic E-state index is 13.0. The van der Waals surface area contributed by atoms with Crippen molar-refractivity contribution in [2.45, 2.75) is 32.0 Å². The lowest BCUT2D eigenvalue weighted by Crippen LogP contribution is -2.25. The molecule has 2 aromatic carbocycles. The van der Waals surface area contributed by atoms with Crippen LogP contribution in [0.25, 0.3) is 0 Å². The minimum atomic E-state index is -3.00. The van der Waals surface area contributed by atoms with Gasteiger partial charge in [-0.1, -0.05) is 59.6 Å². The van der Waals surface area contributed by atoms with E-state index in [1.807, 2.05) is 30.3 Å². The zero-order valence-electron chi connectivity index (χ0n) is 18.3. The van der Waals surface area contributed by atoms with Gasteiger partial charge in [0.05, 0.1) is 6.61 Å². The number of benzene rings is 2. The van der Waals surface area contributed by atoms with Crippen LogP contribution in [0.2, 0.25) is 10.0 Å². The van der Waals surface area contributed by atoms with Crippen LogP contribution < -0.4 is 14.2 Å². The van der Waals surface area contributed by atoms with E-state index in [1.54, 1.807) is 12.1 Å². The van der Waals surface area contributed by atoms with Gasteiger partial charge in [0.1, 0.15) is 16.1 Å². The first-order valence-corrected chi connectivity index (χ1v) is 12.0. The highest BCUT2D eigenvalue weighted by molar-refractivity contribution is 7.80. The third kappa shape index (κ3) is 6.93. The highest BCUT2D eigenvalue weighted by Gasteiger charge is 2.26. The molecule has 0 aliphatic heterocycles. The van der Waals surface area contributed by atoms with Crippen LogP contribution in [-0.2, 0) is 11.2 Å². The van der Waals surface area contributed by atoms with Crippen LogP contribution in [0.4, 0.5) is 8.78 Å². The molecule has 5 nitrogen and oxygen atoms in total. The van der Waals surface area contributed by atoms with Crippen LogP contribution >= 0.6 is 35.4 Å². The topological polar surface area (TPSA) is 54.6 Å². The summed E-state index contributed by atoms with van der Waals surface area (Å²) in [5.41, 5.74) is 1.76. The number of ether oxygens (including phenoxy) is 3. The van der Waals surface area contributed by atoms with Crippen molar-refractivity contribution in [1.29, 1.82) is 0 Å². The van der Waals surface area contributed by atoms with E-state index in [1.165, 1.54) is 18.5 Å². The van der Waals surface area contributed by atoms with E-state index < -0.39 is 12.7 Å². The lowest BCUT2D eigenvalue weighted by molar-refractivity contribution is -0.605. The van der Waals surface area contributed by atoms with E-state index in [2.05, 4.69) is 4.74 Å². The second-order valence-corrected chi connectivity index (χ2v) is 9.28. The molecule has 0 amide bonds. The molecular weight excluding hydrogens is 519 g/mol. The third-order valence-corrected chi connectivity index (χ3v) is 6.42. The number of rotatable bonds is 10. The number of hydrogen-bond acceptors (Lipinski definition) is 5. The van der Waals surface area contributed by atoms with Gasteiger partial charge in [0.15, 0.2) is 28.9 Å². The van der Waals surface area contributed by atoms with Gasteiger partial charge in [0.25, 0.3) is 0 Å². The van der Waals surface area contributed by atoms with E-state index in [0.717, 1.165) is 12.8 Å². The fourth-order valence-corrected chi connectivity index (χ4v) is 4.28. The molecule has 1 heterocycles. The van der Waals surface area contributed by atoms with E-state index in [0.29, 0.717) is 33.9 Å². The van der Waals surface area contributed by atoms with E-state index in [4.69, 9.17) is 44.9 Å². The van der Waals surface area contributed by atoms with Gasteiger partial charge in [-0.25, -0.2) is 0 Å².